The van der Waals surface area contributed by atoms with E-state index in [1.54, 1.807) is 23.5 Å². The number of ether oxygens (including phenoxy) is 2. The standard InChI is InChI=1S/C22H48N6O2S2/c1-19(2,3)25-27-21(7,8)23-17-31-15-13-29-11-12-30-14-16-32-18-24-22(9,10)28-26-20(4,5)6/h23-24H,11-18H2,1-10H3. The molecule has 0 spiro atoms. The summed E-state index contributed by atoms with van der Waals surface area (Å²) in [6.45, 7) is 23.1. The monoisotopic (exact) mass is 492 g/mol. The van der Waals surface area contributed by atoms with E-state index in [0.717, 1.165) is 36.5 Å². The first-order valence-corrected chi connectivity index (χ1v) is 13.6. The number of hydrogen-bond donors (Lipinski definition) is 2. The maximum Gasteiger partial charge on any atom is 0.126 e. The van der Waals surface area contributed by atoms with Crippen molar-refractivity contribution in [2.24, 2.45) is 20.5 Å². The molecular formula is C22H48N6O2S2. The van der Waals surface area contributed by atoms with Crippen molar-refractivity contribution < 1.29 is 9.47 Å². The summed E-state index contributed by atoms with van der Waals surface area (Å²) in [6.07, 6.45) is 0. The Hall–Kier alpha value is -0.260. The van der Waals surface area contributed by atoms with Crippen molar-refractivity contribution in [3.8, 4) is 0 Å². The SMILES string of the molecule is CC(C)(C)N=NC(C)(C)NCSCCOCCOCCSCNC(C)(C)N=NC(C)(C)C. The molecule has 0 unspecified atom stereocenters. The van der Waals surface area contributed by atoms with Crippen LogP contribution in [-0.2, 0) is 9.47 Å². The molecule has 0 heterocycles. The Balaban J connectivity index is 3.55. The Bertz CT molecular complexity index is 496. The predicted octanol–water partition coefficient (Wildman–Crippen LogP) is 5.55. The third-order valence-corrected chi connectivity index (χ3v) is 5.14. The molecule has 0 atom stereocenters. The van der Waals surface area contributed by atoms with Gasteiger partial charge in [0, 0.05) is 23.3 Å². The second-order valence-electron chi connectivity index (χ2n) is 10.5. The molecule has 0 radical (unpaired) electrons. The van der Waals surface area contributed by atoms with Crippen LogP contribution in [0.25, 0.3) is 0 Å². The zero-order valence-electron chi connectivity index (χ0n) is 22.1. The van der Waals surface area contributed by atoms with Crippen LogP contribution in [0.3, 0.4) is 0 Å². The summed E-state index contributed by atoms with van der Waals surface area (Å²) in [6, 6.07) is 0. The van der Waals surface area contributed by atoms with Crippen LogP contribution in [0.1, 0.15) is 69.2 Å². The van der Waals surface area contributed by atoms with Gasteiger partial charge in [-0.05, 0) is 69.2 Å². The highest BCUT2D eigenvalue weighted by atomic mass is 32.2. The van der Waals surface area contributed by atoms with E-state index in [0.29, 0.717) is 13.2 Å². The van der Waals surface area contributed by atoms with Crippen LogP contribution in [-0.4, -0.2) is 72.1 Å². The van der Waals surface area contributed by atoms with Gasteiger partial charge in [-0.1, -0.05) is 0 Å². The van der Waals surface area contributed by atoms with Gasteiger partial charge in [-0.2, -0.15) is 20.5 Å². The molecule has 10 heteroatoms. The second kappa shape index (κ2) is 15.6. The summed E-state index contributed by atoms with van der Waals surface area (Å²) >= 11 is 3.59. The van der Waals surface area contributed by atoms with Gasteiger partial charge < -0.3 is 9.47 Å². The fraction of sp³-hybridized carbons (Fsp3) is 1.00. The summed E-state index contributed by atoms with van der Waals surface area (Å²) in [5.74, 6) is 3.50. The number of nitrogens with zero attached hydrogens (tertiary/aromatic N) is 4. The molecule has 0 saturated heterocycles. The van der Waals surface area contributed by atoms with Gasteiger partial charge in [0.2, 0.25) is 0 Å². The summed E-state index contributed by atoms with van der Waals surface area (Å²) in [5.41, 5.74) is -0.996. The van der Waals surface area contributed by atoms with E-state index in [-0.39, 0.29) is 22.4 Å². The van der Waals surface area contributed by atoms with Crippen LogP contribution in [0.4, 0.5) is 0 Å². The lowest BCUT2D eigenvalue weighted by atomic mass is 10.1. The van der Waals surface area contributed by atoms with E-state index in [9.17, 15) is 0 Å². The molecule has 0 amide bonds. The highest BCUT2D eigenvalue weighted by Gasteiger charge is 2.18. The molecular weight excluding hydrogens is 444 g/mol. The highest BCUT2D eigenvalue weighted by Crippen LogP contribution is 2.14. The van der Waals surface area contributed by atoms with E-state index < -0.39 is 0 Å². The first-order valence-electron chi connectivity index (χ1n) is 11.3. The van der Waals surface area contributed by atoms with Crippen molar-refractivity contribution >= 4 is 23.5 Å². The minimum absolute atomic E-state index is 0.146. The van der Waals surface area contributed by atoms with Crippen LogP contribution >= 0.6 is 23.5 Å². The molecule has 190 valence electrons. The maximum absolute atomic E-state index is 5.63. The molecule has 0 aliphatic rings. The number of nitrogens with one attached hydrogen (secondary N) is 2. The van der Waals surface area contributed by atoms with Gasteiger partial charge in [0.05, 0.1) is 37.5 Å². The Labute approximate surface area is 205 Å². The number of thioether (sulfide) groups is 2. The van der Waals surface area contributed by atoms with E-state index in [2.05, 4.69) is 31.1 Å². The Morgan fingerprint density at radius 1 is 0.531 bits per heavy atom. The lowest BCUT2D eigenvalue weighted by Crippen LogP contribution is -2.37. The van der Waals surface area contributed by atoms with Crippen LogP contribution in [0.15, 0.2) is 20.5 Å². The first-order chi connectivity index (χ1) is 14.6. The van der Waals surface area contributed by atoms with Gasteiger partial charge in [-0.15, -0.1) is 23.5 Å². The van der Waals surface area contributed by atoms with Crippen LogP contribution in [0.2, 0.25) is 0 Å². The Kier molecular flexibility index (Phi) is 15.5. The van der Waals surface area contributed by atoms with Crippen molar-refractivity contribution in [2.45, 2.75) is 91.6 Å². The third kappa shape index (κ3) is 22.9. The summed E-state index contributed by atoms with van der Waals surface area (Å²) < 4.78 is 11.3. The van der Waals surface area contributed by atoms with E-state index >= 15 is 0 Å². The van der Waals surface area contributed by atoms with Gasteiger partial charge in [0.1, 0.15) is 11.3 Å². The molecule has 0 aliphatic carbocycles. The van der Waals surface area contributed by atoms with Crippen molar-refractivity contribution in [2.75, 3.05) is 49.7 Å². The molecule has 0 aromatic carbocycles. The topological polar surface area (TPSA) is 92.0 Å². The molecule has 0 aromatic rings. The van der Waals surface area contributed by atoms with Crippen LogP contribution in [0.5, 0.6) is 0 Å². The van der Waals surface area contributed by atoms with Gasteiger partial charge in [0.15, 0.2) is 0 Å². The summed E-state index contributed by atoms with van der Waals surface area (Å²) in [5, 5.41) is 24.2. The fourth-order valence-electron chi connectivity index (χ4n) is 1.78. The van der Waals surface area contributed by atoms with Crippen LogP contribution < -0.4 is 10.6 Å². The quantitative estimate of drug-likeness (QED) is 0.157. The lowest BCUT2D eigenvalue weighted by molar-refractivity contribution is 0.0605. The van der Waals surface area contributed by atoms with E-state index in [1.165, 1.54) is 0 Å². The first kappa shape index (κ1) is 31.7. The summed E-state index contributed by atoms with van der Waals surface area (Å²) in [4.78, 5) is 0. The van der Waals surface area contributed by atoms with Gasteiger partial charge >= 0.3 is 0 Å². The zero-order valence-corrected chi connectivity index (χ0v) is 23.7. The normalized spacial score (nSPS) is 14.2. The van der Waals surface area contributed by atoms with Gasteiger partial charge in [-0.25, -0.2) is 0 Å². The third-order valence-electron chi connectivity index (χ3n) is 3.53. The Morgan fingerprint density at radius 3 is 1.19 bits per heavy atom. The smallest absolute Gasteiger partial charge is 0.126 e. The molecule has 32 heavy (non-hydrogen) atoms. The maximum atomic E-state index is 5.63. The Morgan fingerprint density at radius 2 is 0.875 bits per heavy atom. The van der Waals surface area contributed by atoms with Crippen LogP contribution in [0, 0.1) is 0 Å². The van der Waals surface area contributed by atoms with Gasteiger partial charge in [-0.3, -0.25) is 10.6 Å². The minimum atomic E-state index is -0.352. The number of hydrogen-bond acceptors (Lipinski definition) is 10. The molecule has 0 aliphatic heterocycles. The van der Waals surface area contributed by atoms with Crippen molar-refractivity contribution in [3.05, 3.63) is 0 Å². The second-order valence-corrected chi connectivity index (χ2v) is 12.8. The van der Waals surface area contributed by atoms with Crippen molar-refractivity contribution in [1.29, 1.82) is 0 Å². The molecule has 8 nitrogen and oxygen atoms in total. The van der Waals surface area contributed by atoms with Crippen molar-refractivity contribution in [1.82, 2.24) is 10.6 Å². The van der Waals surface area contributed by atoms with E-state index in [1.807, 2.05) is 69.2 Å². The molecule has 0 rings (SSSR count). The van der Waals surface area contributed by atoms with E-state index in [4.69, 9.17) is 9.47 Å². The molecule has 0 saturated carbocycles. The number of azo groups is 2. The molecule has 0 aromatic heterocycles. The predicted molar refractivity (Wildman–Crippen MR) is 140 cm³/mol. The number of rotatable bonds is 17. The summed E-state index contributed by atoms with van der Waals surface area (Å²) in [7, 11) is 0. The lowest BCUT2D eigenvalue weighted by Gasteiger charge is -2.22. The molecule has 0 fully saturated rings. The average molecular weight is 493 g/mol. The molecule has 0 bridgehead atoms. The largest absolute Gasteiger partial charge is 0.378 e. The fourth-order valence-corrected chi connectivity index (χ4v) is 3.45. The highest BCUT2D eigenvalue weighted by molar-refractivity contribution is 7.99. The molecule has 2 N–H and O–H groups in total. The average Bonchev–Trinajstić information content (AvgIpc) is 2.64. The zero-order chi connectivity index (χ0) is 24.7. The van der Waals surface area contributed by atoms with Gasteiger partial charge in [0.25, 0.3) is 0 Å². The van der Waals surface area contributed by atoms with Crippen molar-refractivity contribution in [3.63, 3.8) is 0 Å². The minimum Gasteiger partial charge on any atom is -0.378 e.